The van der Waals surface area contributed by atoms with Gasteiger partial charge in [-0.05, 0) is 37.2 Å². The normalized spacial score (nSPS) is 15.4. The maximum absolute atomic E-state index is 6.34. The van der Waals surface area contributed by atoms with E-state index >= 15 is 0 Å². The number of hydrogen-bond acceptors (Lipinski definition) is 4. The molecule has 1 unspecified atom stereocenters. The van der Waals surface area contributed by atoms with Crippen LogP contribution in [0.3, 0.4) is 0 Å². The van der Waals surface area contributed by atoms with Gasteiger partial charge in [0, 0.05) is 12.6 Å². The van der Waals surface area contributed by atoms with Crippen molar-refractivity contribution in [2.24, 2.45) is 5.73 Å². The topological polar surface area (TPSA) is 47.7 Å². The molecule has 1 heterocycles. The highest BCUT2D eigenvalue weighted by atomic mass is 16.6. The minimum atomic E-state index is 0.0163. The lowest BCUT2D eigenvalue weighted by Crippen LogP contribution is -2.33. The Labute approximate surface area is 121 Å². The van der Waals surface area contributed by atoms with E-state index in [0.717, 1.165) is 36.7 Å². The molecule has 2 N–H and O–H groups in total. The lowest BCUT2D eigenvalue weighted by Gasteiger charge is -2.25. The third kappa shape index (κ3) is 3.87. The minimum Gasteiger partial charge on any atom is -0.486 e. The highest BCUT2D eigenvalue weighted by Crippen LogP contribution is 2.32. The van der Waals surface area contributed by atoms with Gasteiger partial charge in [-0.3, -0.25) is 0 Å². The second-order valence-electron chi connectivity index (χ2n) is 5.26. The van der Waals surface area contributed by atoms with Crippen LogP contribution in [0, 0.1) is 0 Å². The maximum atomic E-state index is 6.34. The Balaban J connectivity index is 1.99. The molecule has 0 aliphatic carbocycles. The number of likely N-dealkylation sites (N-methyl/N-ethyl adjacent to an activating group) is 1. The number of nitrogens with two attached hydrogens (primary N) is 1. The van der Waals surface area contributed by atoms with Crippen LogP contribution in [0.1, 0.15) is 38.3 Å². The Morgan fingerprint density at radius 2 is 1.95 bits per heavy atom. The van der Waals surface area contributed by atoms with Gasteiger partial charge < -0.3 is 20.1 Å². The minimum absolute atomic E-state index is 0.0163. The van der Waals surface area contributed by atoms with E-state index in [1.807, 2.05) is 18.2 Å². The van der Waals surface area contributed by atoms with E-state index in [-0.39, 0.29) is 6.04 Å². The molecule has 1 atom stereocenters. The Hall–Kier alpha value is -1.26. The molecule has 0 saturated carbocycles. The van der Waals surface area contributed by atoms with E-state index in [0.29, 0.717) is 13.2 Å². The van der Waals surface area contributed by atoms with Crippen LogP contribution in [0.2, 0.25) is 0 Å². The number of hydrogen-bond donors (Lipinski definition) is 1. The van der Waals surface area contributed by atoms with Gasteiger partial charge in [-0.2, -0.15) is 0 Å². The van der Waals surface area contributed by atoms with Crippen molar-refractivity contribution in [3.8, 4) is 11.5 Å². The summed E-state index contributed by atoms with van der Waals surface area (Å²) in [7, 11) is 0. The Morgan fingerprint density at radius 1 is 1.20 bits per heavy atom. The third-order valence-electron chi connectivity index (χ3n) is 3.72. The molecule has 0 fully saturated rings. The monoisotopic (exact) mass is 278 g/mol. The molecule has 1 aromatic rings. The molecule has 0 radical (unpaired) electrons. The molecular weight excluding hydrogens is 252 g/mol. The number of fused-ring (bicyclic) bond motifs is 1. The summed E-state index contributed by atoms with van der Waals surface area (Å²) < 4.78 is 11.2. The standard InChI is InChI=1S/C16H26N2O2/c1-3-5-8-18(4-2)12-14(17)13-6-7-15-16(11-13)20-10-9-19-15/h6-7,11,14H,3-5,8-10,12,17H2,1-2H3. The Bertz CT molecular complexity index is 423. The van der Waals surface area contributed by atoms with E-state index in [4.69, 9.17) is 15.2 Å². The van der Waals surface area contributed by atoms with Gasteiger partial charge in [-0.25, -0.2) is 0 Å². The molecule has 4 heteroatoms. The van der Waals surface area contributed by atoms with Gasteiger partial charge in [0.2, 0.25) is 0 Å². The quantitative estimate of drug-likeness (QED) is 0.833. The van der Waals surface area contributed by atoms with Crippen LogP contribution in [0.4, 0.5) is 0 Å². The lowest BCUT2D eigenvalue weighted by atomic mass is 10.1. The van der Waals surface area contributed by atoms with Crippen molar-refractivity contribution in [2.75, 3.05) is 32.8 Å². The molecule has 0 bridgehead atoms. The van der Waals surface area contributed by atoms with Gasteiger partial charge in [0.15, 0.2) is 11.5 Å². The summed E-state index contributed by atoms with van der Waals surface area (Å²) in [5, 5.41) is 0. The molecule has 1 aliphatic heterocycles. The number of benzene rings is 1. The third-order valence-corrected chi connectivity index (χ3v) is 3.72. The number of nitrogens with zero attached hydrogens (tertiary/aromatic N) is 1. The average Bonchev–Trinajstić information content (AvgIpc) is 2.50. The summed E-state index contributed by atoms with van der Waals surface area (Å²) in [4.78, 5) is 2.41. The van der Waals surface area contributed by atoms with Crippen molar-refractivity contribution in [3.63, 3.8) is 0 Å². The van der Waals surface area contributed by atoms with Crippen molar-refractivity contribution >= 4 is 0 Å². The van der Waals surface area contributed by atoms with Crippen molar-refractivity contribution in [3.05, 3.63) is 23.8 Å². The second kappa shape index (κ2) is 7.50. The highest BCUT2D eigenvalue weighted by molar-refractivity contribution is 5.44. The van der Waals surface area contributed by atoms with Crippen LogP contribution in [0.25, 0.3) is 0 Å². The SMILES string of the molecule is CCCCN(CC)CC(N)c1ccc2c(c1)OCCO2. The van der Waals surface area contributed by atoms with Crippen LogP contribution in [0.15, 0.2) is 18.2 Å². The molecule has 0 saturated heterocycles. The van der Waals surface area contributed by atoms with Crippen molar-refractivity contribution < 1.29 is 9.47 Å². The first-order valence-electron chi connectivity index (χ1n) is 7.62. The predicted octanol–water partition coefficient (Wildman–Crippen LogP) is 2.58. The first-order valence-corrected chi connectivity index (χ1v) is 7.62. The maximum Gasteiger partial charge on any atom is 0.161 e. The zero-order chi connectivity index (χ0) is 14.4. The molecule has 0 aromatic heterocycles. The Kier molecular flexibility index (Phi) is 5.68. The first-order chi connectivity index (χ1) is 9.74. The predicted molar refractivity (Wildman–Crippen MR) is 81.4 cm³/mol. The van der Waals surface area contributed by atoms with Crippen LogP contribution in [-0.2, 0) is 0 Å². The van der Waals surface area contributed by atoms with E-state index in [1.165, 1.54) is 12.8 Å². The van der Waals surface area contributed by atoms with Gasteiger partial charge in [-0.15, -0.1) is 0 Å². The molecule has 20 heavy (non-hydrogen) atoms. The van der Waals surface area contributed by atoms with Gasteiger partial charge in [0.25, 0.3) is 0 Å². The molecule has 0 amide bonds. The largest absolute Gasteiger partial charge is 0.486 e. The molecule has 4 nitrogen and oxygen atoms in total. The van der Waals surface area contributed by atoms with Crippen molar-refractivity contribution in [1.29, 1.82) is 0 Å². The van der Waals surface area contributed by atoms with Crippen molar-refractivity contribution in [2.45, 2.75) is 32.7 Å². The zero-order valence-electron chi connectivity index (χ0n) is 12.6. The summed E-state index contributed by atoms with van der Waals surface area (Å²) in [5.74, 6) is 1.64. The van der Waals surface area contributed by atoms with Crippen LogP contribution >= 0.6 is 0 Å². The number of rotatable bonds is 7. The molecule has 112 valence electrons. The molecule has 0 spiro atoms. The second-order valence-corrected chi connectivity index (χ2v) is 5.26. The van der Waals surface area contributed by atoms with Gasteiger partial charge in [0.05, 0.1) is 0 Å². The lowest BCUT2D eigenvalue weighted by molar-refractivity contribution is 0.171. The molecular formula is C16H26N2O2. The van der Waals surface area contributed by atoms with Crippen molar-refractivity contribution in [1.82, 2.24) is 4.90 Å². The summed E-state index contributed by atoms with van der Waals surface area (Å²) in [5.41, 5.74) is 7.45. The van der Waals surface area contributed by atoms with E-state index in [9.17, 15) is 0 Å². The fraction of sp³-hybridized carbons (Fsp3) is 0.625. The van der Waals surface area contributed by atoms with Gasteiger partial charge in [0.1, 0.15) is 13.2 Å². The fourth-order valence-corrected chi connectivity index (χ4v) is 2.43. The summed E-state index contributed by atoms with van der Waals surface area (Å²) >= 11 is 0. The van der Waals surface area contributed by atoms with E-state index < -0.39 is 0 Å². The smallest absolute Gasteiger partial charge is 0.161 e. The van der Waals surface area contributed by atoms with E-state index in [2.05, 4.69) is 18.7 Å². The van der Waals surface area contributed by atoms with Crippen LogP contribution in [0.5, 0.6) is 11.5 Å². The summed E-state index contributed by atoms with van der Waals surface area (Å²) in [6, 6.07) is 6.05. The van der Waals surface area contributed by atoms with Gasteiger partial charge in [-0.1, -0.05) is 26.3 Å². The molecule has 1 aromatic carbocycles. The average molecular weight is 278 g/mol. The first kappa shape index (κ1) is 15.1. The highest BCUT2D eigenvalue weighted by Gasteiger charge is 2.16. The molecule has 1 aliphatic rings. The number of ether oxygens (including phenoxy) is 2. The number of unbranched alkanes of at least 4 members (excludes halogenated alkanes) is 1. The molecule has 2 rings (SSSR count). The summed E-state index contributed by atoms with van der Waals surface area (Å²) in [6.07, 6.45) is 2.44. The zero-order valence-corrected chi connectivity index (χ0v) is 12.6. The summed E-state index contributed by atoms with van der Waals surface area (Å²) in [6.45, 7) is 8.68. The van der Waals surface area contributed by atoms with Crippen LogP contribution < -0.4 is 15.2 Å². The van der Waals surface area contributed by atoms with E-state index in [1.54, 1.807) is 0 Å². The Morgan fingerprint density at radius 3 is 2.65 bits per heavy atom. The van der Waals surface area contributed by atoms with Crippen LogP contribution in [-0.4, -0.2) is 37.7 Å². The fourth-order valence-electron chi connectivity index (χ4n) is 2.43. The van der Waals surface area contributed by atoms with Gasteiger partial charge >= 0.3 is 0 Å².